The molecule has 1 aromatic carbocycles. The third-order valence-corrected chi connectivity index (χ3v) is 4.21. The van der Waals surface area contributed by atoms with E-state index in [9.17, 15) is 4.79 Å². The molecule has 0 fully saturated rings. The van der Waals surface area contributed by atoms with Gasteiger partial charge in [-0.05, 0) is 36.6 Å². The van der Waals surface area contributed by atoms with Crippen LogP contribution in [0.4, 0.5) is 0 Å². The van der Waals surface area contributed by atoms with Crippen molar-refractivity contribution in [2.75, 3.05) is 13.7 Å². The van der Waals surface area contributed by atoms with E-state index in [-0.39, 0.29) is 5.91 Å². The van der Waals surface area contributed by atoms with E-state index in [1.165, 1.54) is 12.8 Å². The van der Waals surface area contributed by atoms with Crippen LogP contribution in [0.5, 0.6) is 5.75 Å². The predicted octanol–water partition coefficient (Wildman–Crippen LogP) is 4.30. The van der Waals surface area contributed by atoms with Gasteiger partial charge in [0.25, 0.3) is 5.91 Å². The molecule has 1 amide bonds. The summed E-state index contributed by atoms with van der Waals surface area (Å²) < 4.78 is 10.4. The van der Waals surface area contributed by atoms with Crippen LogP contribution in [0.2, 0.25) is 0 Å². The molecule has 0 saturated carbocycles. The molecule has 24 heavy (non-hydrogen) atoms. The largest absolute Gasteiger partial charge is 0.497 e. The van der Waals surface area contributed by atoms with E-state index >= 15 is 0 Å². The van der Waals surface area contributed by atoms with Crippen LogP contribution < -0.4 is 10.1 Å². The van der Waals surface area contributed by atoms with Crippen molar-refractivity contribution in [1.29, 1.82) is 0 Å². The molecule has 0 spiro atoms. The molecule has 130 valence electrons. The van der Waals surface area contributed by atoms with E-state index < -0.39 is 0 Å². The number of methoxy groups -OCH3 is 1. The Morgan fingerprint density at radius 1 is 1.29 bits per heavy atom. The van der Waals surface area contributed by atoms with Gasteiger partial charge < -0.3 is 14.6 Å². The Labute approximate surface area is 143 Å². The Hall–Kier alpha value is -2.30. The minimum Gasteiger partial charge on any atom is -0.497 e. The Balaban J connectivity index is 1.95. The lowest BCUT2D eigenvalue weighted by Gasteiger charge is -2.14. The lowest BCUT2D eigenvalue weighted by molar-refractivity contribution is 0.0937. The maximum Gasteiger partial charge on any atom is 0.273 e. The fourth-order valence-electron chi connectivity index (χ4n) is 2.54. The molecule has 0 aliphatic heterocycles. The Kier molecular flexibility index (Phi) is 6.85. The molecular formula is C19H26N2O3. The van der Waals surface area contributed by atoms with Crippen LogP contribution in [0.1, 0.15) is 50.0 Å². The van der Waals surface area contributed by atoms with Crippen molar-refractivity contribution in [3.63, 3.8) is 0 Å². The fourth-order valence-corrected chi connectivity index (χ4v) is 2.54. The van der Waals surface area contributed by atoms with Gasteiger partial charge in [-0.3, -0.25) is 4.79 Å². The number of nitrogens with zero attached hydrogens (tertiary/aromatic N) is 1. The number of unbranched alkanes of at least 4 members (excludes halogenated alkanes) is 1. The van der Waals surface area contributed by atoms with Crippen molar-refractivity contribution < 1.29 is 14.1 Å². The summed E-state index contributed by atoms with van der Waals surface area (Å²) in [5, 5.41) is 6.84. The summed E-state index contributed by atoms with van der Waals surface area (Å²) >= 11 is 0. The number of amides is 1. The normalized spacial score (nSPS) is 12.0. The number of rotatable bonds is 9. The van der Waals surface area contributed by atoms with E-state index in [0.29, 0.717) is 23.9 Å². The molecule has 5 heteroatoms. The van der Waals surface area contributed by atoms with Crippen molar-refractivity contribution in [1.82, 2.24) is 10.5 Å². The monoisotopic (exact) mass is 330 g/mol. The second-order valence-corrected chi connectivity index (χ2v) is 5.93. The highest BCUT2D eigenvalue weighted by molar-refractivity contribution is 5.93. The SMILES string of the molecule is CCCC[C@H](CC)CNC(=O)c1cc(-c2ccc(OC)cc2)on1. The summed E-state index contributed by atoms with van der Waals surface area (Å²) in [4.78, 5) is 12.2. The predicted molar refractivity (Wildman–Crippen MR) is 94.1 cm³/mol. The second-order valence-electron chi connectivity index (χ2n) is 5.93. The van der Waals surface area contributed by atoms with Crippen LogP contribution in [0.3, 0.4) is 0 Å². The smallest absolute Gasteiger partial charge is 0.273 e. The van der Waals surface area contributed by atoms with Crippen molar-refractivity contribution in [2.24, 2.45) is 5.92 Å². The van der Waals surface area contributed by atoms with Gasteiger partial charge in [0.2, 0.25) is 0 Å². The molecule has 2 aromatic rings. The zero-order valence-electron chi connectivity index (χ0n) is 14.7. The molecule has 0 saturated heterocycles. The molecule has 0 radical (unpaired) electrons. The number of benzene rings is 1. The number of carbonyl (C=O) groups excluding carboxylic acids is 1. The van der Waals surface area contributed by atoms with E-state index in [0.717, 1.165) is 24.2 Å². The molecule has 1 heterocycles. The Bertz CT molecular complexity index is 634. The molecule has 2 rings (SSSR count). The van der Waals surface area contributed by atoms with Crippen molar-refractivity contribution >= 4 is 5.91 Å². The van der Waals surface area contributed by atoms with Gasteiger partial charge in [-0.2, -0.15) is 0 Å². The van der Waals surface area contributed by atoms with Crippen molar-refractivity contribution in [3.8, 4) is 17.1 Å². The molecule has 1 N–H and O–H groups in total. The second kappa shape index (κ2) is 9.11. The molecule has 5 nitrogen and oxygen atoms in total. The van der Waals surface area contributed by atoms with Crippen LogP contribution in [-0.4, -0.2) is 24.7 Å². The molecule has 0 aliphatic carbocycles. The number of hydrogen-bond acceptors (Lipinski definition) is 4. The number of ether oxygens (including phenoxy) is 1. The quantitative estimate of drug-likeness (QED) is 0.744. The van der Waals surface area contributed by atoms with E-state index in [1.807, 2.05) is 24.3 Å². The highest BCUT2D eigenvalue weighted by Crippen LogP contribution is 2.23. The average Bonchev–Trinajstić information content (AvgIpc) is 3.12. The van der Waals surface area contributed by atoms with Crippen LogP contribution in [0.25, 0.3) is 11.3 Å². The molecule has 0 bridgehead atoms. The first-order chi connectivity index (χ1) is 11.7. The molecule has 1 aromatic heterocycles. The van der Waals surface area contributed by atoms with Gasteiger partial charge in [-0.1, -0.05) is 38.3 Å². The Morgan fingerprint density at radius 2 is 2.04 bits per heavy atom. The van der Waals surface area contributed by atoms with Gasteiger partial charge in [-0.15, -0.1) is 0 Å². The summed E-state index contributed by atoms with van der Waals surface area (Å²) in [5.74, 6) is 1.67. The van der Waals surface area contributed by atoms with Crippen LogP contribution in [0, 0.1) is 5.92 Å². The van der Waals surface area contributed by atoms with Gasteiger partial charge in [0, 0.05) is 18.2 Å². The van der Waals surface area contributed by atoms with Gasteiger partial charge >= 0.3 is 0 Å². The topological polar surface area (TPSA) is 64.4 Å². The number of hydrogen-bond donors (Lipinski definition) is 1. The lowest BCUT2D eigenvalue weighted by atomic mass is 9.99. The standard InChI is InChI=1S/C19H26N2O3/c1-4-6-7-14(5-2)13-20-19(22)17-12-18(24-21-17)15-8-10-16(23-3)11-9-15/h8-12,14H,4-7,13H2,1-3H3,(H,20,22)/t14-/m0/s1. The summed E-state index contributed by atoms with van der Waals surface area (Å²) in [5.41, 5.74) is 1.17. The van der Waals surface area contributed by atoms with Crippen LogP contribution >= 0.6 is 0 Å². The maximum absolute atomic E-state index is 12.2. The van der Waals surface area contributed by atoms with Gasteiger partial charge in [-0.25, -0.2) is 0 Å². The van der Waals surface area contributed by atoms with Gasteiger partial charge in [0.05, 0.1) is 7.11 Å². The molecular weight excluding hydrogens is 304 g/mol. The zero-order chi connectivity index (χ0) is 17.4. The van der Waals surface area contributed by atoms with E-state index in [2.05, 4.69) is 24.3 Å². The number of carbonyl (C=O) groups is 1. The third kappa shape index (κ3) is 4.85. The lowest BCUT2D eigenvalue weighted by Crippen LogP contribution is -2.29. The minimum absolute atomic E-state index is 0.187. The highest BCUT2D eigenvalue weighted by atomic mass is 16.5. The van der Waals surface area contributed by atoms with Crippen molar-refractivity contribution in [3.05, 3.63) is 36.0 Å². The molecule has 0 unspecified atom stereocenters. The summed E-state index contributed by atoms with van der Waals surface area (Å²) in [7, 11) is 1.62. The van der Waals surface area contributed by atoms with Gasteiger partial charge in [0.1, 0.15) is 5.75 Å². The number of aromatic nitrogens is 1. The first-order valence-corrected chi connectivity index (χ1v) is 8.57. The summed E-state index contributed by atoms with van der Waals surface area (Å²) in [6.45, 7) is 5.02. The summed E-state index contributed by atoms with van der Waals surface area (Å²) in [6.07, 6.45) is 4.58. The van der Waals surface area contributed by atoms with E-state index in [1.54, 1.807) is 13.2 Å². The average molecular weight is 330 g/mol. The first-order valence-electron chi connectivity index (χ1n) is 8.57. The Morgan fingerprint density at radius 3 is 2.67 bits per heavy atom. The molecule has 1 atom stereocenters. The zero-order valence-corrected chi connectivity index (χ0v) is 14.7. The highest BCUT2D eigenvalue weighted by Gasteiger charge is 2.15. The fraction of sp³-hybridized carbons (Fsp3) is 0.474. The van der Waals surface area contributed by atoms with Gasteiger partial charge in [0.15, 0.2) is 11.5 Å². The van der Waals surface area contributed by atoms with Crippen molar-refractivity contribution in [2.45, 2.75) is 39.5 Å². The molecule has 0 aliphatic rings. The van der Waals surface area contributed by atoms with E-state index in [4.69, 9.17) is 9.26 Å². The maximum atomic E-state index is 12.2. The minimum atomic E-state index is -0.187. The first kappa shape index (κ1) is 18.0. The van der Waals surface area contributed by atoms with Crippen LogP contribution in [0.15, 0.2) is 34.9 Å². The van der Waals surface area contributed by atoms with Crippen LogP contribution in [-0.2, 0) is 0 Å². The number of nitrogens with one attached hydrogen (secondary N) is 1. The summed E-state index contributed by atoms with van der Waals surface area (Å²) in [6, 6.07) is 9.11. The third-order valence-electron chi connectivity index (χ3n) is 4.21.